The molecular formula is C27H25F2N3O4. The first-order chi connectivity index (χ1) is 17.4. The molecule has 0 atom stereocenters. The van der Waals surface area contributed by atoms with Gasteiger partial charge in [0, 0.05) is 35.8 Å². The van der Waals surface area contributed by atoms with Crippen molar-refractivity contribution in [2.45, 2.75) is 19.4 Å². The molecule has 1 heterocycles. The molecule has 36 heavy (non-hydrogen) atoms. The lowest BCUT2D eigenvalue weighted by Crippen LogP contribution is -2.27. The molecule has 0 aliphatic carbocycles. The summed E-state index contributed by atoms with van der Waals surface area (Å²) in [5, 5.41) is 12.6. The smallest absolute Gasteiger partial charge is 0.274 e. The lowest BCUT2D eigenvalue weighted by atomic mass is 10.1. The number of rotatable bonds is 9. The number of halogens is 2. The van der Waals surface area contributed by atoms with Gasteiger partial charge in [-0.2, -0.15) is 0 Å². The highest BCUT2D eigenvalue weighted by Gasteiger charge is 2.12. The first-order valence-electron chi connectivity index (χ1n) is 11.3. The molecule has 7 nitrogen and oxygen atoms in total. The van der Waals surface area contributed by atoms with Crippen LogP contribution in [-0.2, 0) is 24.2 Å². The van der Waals surface area contributed by atoms with E-state index in [1.54, 1.807) is 24.7 Å². The van der Waals surface area contributed by atoms with Gasteiger partial charge in [-0.25, -0.2) is 14.3 Å². The van der Waals surface area contributed by atoms with E-state index in [1.165, 1.54) is 6.07 Å². The van der Waals surface area contributed by atoms with Gasteiger partial charge in [-0.05, 0) is 65.6 Å². The molecular weight excluding hydrogens is 468 g/mol. The Balaban J connectivity index is 1.47. The second-order valence-electron chi connectivity index (χ2n) is 8.33. The van der Waals surface area contributed by atoms with Gasteiger partial charge >= 0.3 is 0 Å². The Morgan fingerprint density at radius 1 is 0.972 bits per heavy atom. The molecule has 4 aromatic rings. The molecule has 0 fully saturated rings. The summed E-state index contributed by atoms with van der Waals surface area (Å²) < 4.78 is 34.0. The third kappa shape index (κ3) is 5.69. The Hall–Kier alpha value is -4.24. The quantitative estimate of drug-likeness (QED) is 0.243. The predicted molar refractivity (Wildman–Crippen MR) is 130 cm³/mol. The maximum absolute atomic E-state index is 13.4. The van der Waals surface area contributed by atoms with Crippen LogP contribution < -0.4 is 15.5 Å². The van der Waals surface area contributed by atoms with Crippen LogP contribution in [0.5, 0.6) is 5.75 Å². The van der Waals surface area contributed by atoms with Crippen molar-refractivity contribution >= 4 is 22.7 Å². The fraction of sp³-hybridized carbons (Fsp3) is 0.185. The molecule has 0 aliphatic rings. The zero-order chi connectivity index (χ0) is 25.7. The van der Waals surface area contributed by atoms with Gasteiger partial charge in [-0.1, -0.05) is 18.2 Å². The van der Waals surface area contributed by atoms with Gasteiger partial charge in [0.1, 0.15) is 5.75 Å². The number of ether oxygens (including phenoxy) is 1. The van der Waals surface area contributed by atoms with Gasteiger partial charge in [-0.15, -0.1) is 0 Å². The van der Waals surface area contributed by atoms with Crippen LogP contribution in [0.25, 0.3) is 10.9 Å². The number of aromatic nitrogens is 1. The van der Waals surface area contributed by atoms with E-state index in [0.29, 0.717) is 36.4 Å². The van der Waals surface area contributed by atoms with Crippen molar-refractivity contribution in [1.29, 1.82) is 0 Å². The average Bonchev–Trinajstić information content (AvgIpc) is 3.22. The molecule has 2 amide bonds. The van der Waals surface area contributed by atoms with Crippen molar-refractivity contribution in [3.63, 3.8) is 0 Å². The highest BCUT2D eigenvalue weighted by atomic mass is 19.2. The monoisotopic (exact) mass is 493 g/mol. The van der Waals surface area contributed by atoms with Gasteiger partial charge in [0.05, 0.1) is 13.5 Å². The number of methoxy groups -OCH3 is 1. The molecule has 9 heteroatoms. The van der Waals surface area contributed by atoms with E-state index in [9.17, 15) is 18.4 Å². The molecule has 3 aromatic carbocycles. The standard InChI is InChI=1S/C27H25F2N3O4/c1-36-21-7-9-25-22(14-21)20(10-11-30-26(33)13-18-4-8-23(28)24(29)12-18)16-32(25)15-17-2-5-19(6-3-17)27(34)31-35/h2-9,12,14,16,35H,10-11,13,15H2,1H3,(H,30,33)(H,31,34). The largest absolute Gasteiger partial charge is 0.497 e. The fourth-order valence-corrected chi connectivity index (χ4v) is 4.06. The van der Waals surface area contributed by atoms with E-state index in [-0.39, 0.29) is 12.3 Å². The topological polar surface area (TPSA) is 92.6 Å². The molecule has 0 radical (unpaired) electrons. The van der Waals surface area contributed by atoms with Crippen LogP contribution in [-0.4, -0.2) is 35.2 Å². The summed E-state index contributed by atoms with van der Waals surface area (Å²) in [7, 11) is 1.60. The van der Waals surface area contributed by atoms with Crippen LogP contribution >= 0.6 is 0 Å². The summed E-state index contributed by atoms with van der Waals surface area (Å²) in [6.07, 6.45) is 2.52. The number of nitrogens with one attached hydrogen (secondary N) is 2. The number of hydrogen-bond acceptors (Lipinski definition) is 4. The first kappa shape index (κ1) is 24.9. The number of carbonyl (C=O) groups excluding carboxylic acids is 2. The maximum atomic E-state index is 13.4. The van der Waals surface area contributed by atoms with Crippen molar-refractivity contribution in [1.82, 2.24) is 15.4 Å². The van der Waals surface area contributed by atoms with Crippen molar-refractivity contribution in [2.75, 3.05) is 13.7 Å². The van der Waals surface area contributed by atoms with Crippen molar-refractivity contribution in [2.24, 2.45) is 0 Å². The minimum absolute atomic E-state index is 0.0446. The number of amides is 2. The molecule has 0 saturated heterocycles. The number of benzene rings is 3. The number of carbonyl (C=O) groups is 2. The molecule has 0 unspecified atom stereocenters. The Morgan fingerprint density at radius 2 is 1.72 bits per heavy atom. The summed E-state index contributed by atoms with van der Waals surface area (Å²) >= 11 is 0. The minimum Gasteiger partial charge on any atom is -0.497 e. The Labute approximate surface area is 206 Å². The summed E-state index contributed by atoms with van der Waals surface area (Å²) in [5.74, 6) is -2.07. The van der Waals surface area contributed by atoms with Crippen molar-refractivity contribution < 1.29 is 28.3 Å². The van der Waals surface area contributed by atoms with E-state index in [2.05, 4.69) is 9.88 Å². The Bertz CT molecular complexity index is 1400. The molecule has 0 saturated carbocycles. The first-order valence-corrected chi connectivity index (χ1v) is 11.3. The summed E-state index contributed by atoms with van der Waals surface area (Å²) in [6.45, 7) is 0.913. The van der Waals surface area contributed by atoms with Crippen LogP contribution in [0.3, 0.4) is 0 Å². The van der Waals surface area contributed by atoms with E-state index >= 15 is 0 Å². The van der Waals surface area contributed by atoms with Crippen LogP contribution in [0, 0.1) is 11.6 Å². The highest BCUT2D eigenvalue weighted by Crippen LogP contribution is 2.27. The normalized spacial score (nSPS) is 10.9. The third-order valence-electron chi connectivity index (χ3n) is 5.91. The van der Waals surface area contributed by atoms with Crippen LogP contribution in [0.1, 0.15) is 27.0 Å². The molecule has 0 spiro atoms. The molecule has 186 valence electrons. The number of fused-ring (bicyclic) bond motifs is 1. The zero-order valence-corrected chi connectivity index (χ0v) is 19.6. The lowest BCUT2D eigenvalue weighted by molar-refractivity contribution is -0.120. The second-order valence-corrected chi connectivity index (χ2v) is 8.33. The molecule has 1 aromatic heterocycles. The molecule has 4 rings (SSSR count). The van der Waals surface area contributed by atoms with Crippen molar-refractivity contribution in [3.05, 3.63) is 101 Å². The van der Waals surface area contributed by atoms with Gasteiger partial charge in [-0.3, -0.25) is 14.8 Å². The van der Waals surface area contributed by atoms with Gasteiger partial charge in [0.15, 0.2) is 11.6 Å². The molecule has 3 N–H and O–H groups in total. The molecule has 0 bridgehead atoms. The highest BCUT2D eigenvalue weighted by molar-refractivity contribution is 5.93. The van der Waals surface area contributed by atoms with E-state index < -0.39 is 17.5 Å². The van der Waals surface area contributed by atoms with Crippen LogP contribution in [0.4, 0.5) is 8.78 Å². The van der Waals surface area contributed by atoms with Crippen LogP contribution in [0.2, 0.25) is 0 Å². The summed E-state index contributed by atoms with van der Waals surface area (Å²) in [4.78, 5) is 23.9. The second kappa shape index (κ2) is 11.0. The van der Waals surface area contributed by atoms with Gasteiger partial charge in [0.25, 0.3) is 5.91 Å². The summed E-state index contributed by atoms with van der Waals surface area (Å²) in [5.41, 5.74) is 5.32. The average molecular weight is 494 g/mol. The van der Waals surface area contributed by atoms with Gasteiger partial charge in [0.2, 0.25) is 5.91 Å². The third-order valence-corrected chi connectivity index (χ3v) is 5.91. The Morgan fingerprint density at radius 3 is 2.42 bits per heavy atom. The number of hydrogen-bond donors (Lipinski definition) is 3. The molecule has 0 aliphatic heterocycles. The van der Waals surface area contributed by atoms with E-state index in [0.717, 1.165) is 34.2 Å². The predicted octanol–water partition coefficient (Wildman–Crippen LogP) is 4.00. The Kier molecular flexibility index (Phi) is 7.60. The van der Waals surface area contributed by atoms with E-state index in [1.807, 2.05) is 36.5 Å². The maximum Gasteiger partial charge on any atom is 0.274 e. The minimum atomic E-state index is -0.978. The lowest BCUT2D eigenvalue weighted by Gasteiger charge is -2.07. The number of nitrogens with zero attached hydrogens (tertiary/aromatic N) is 1. The van der Waals surface area contributed by atoms with Crippen molar-refractivity contribution in [3.8, 4) is 5.75 Å². The zero-order valence-electron chi connectivity index (χ0n) is 19.6. The fourth-order valence-electron chi connectivity index (χ4n) is 4.06. The van der Waals surface area contributed by atoms with E-state index in [4.69, 9.17) is 9.94 Å². The SMILES string of the molecule is COc1ccc2c(c1)c(CCNC(=O)Cc1ccc(F)c(F)c1)cn2Cc1ccc(C(=O)NO)cc1. The number of hydroxylamine groups is 1. The van der Waals surface area contributed by atoms with Gasteiger partial charge < -0.3 is 14.6 Å². The van der Waals surface area contributed by atoms with Crippen LogP contribution in [0.15, 0.2) is 66.9 Å². The summed E-state index contributed by atoms with van der Waals surface area (Å²) in [6, 6.07) is 16.1.